The molecule has 0 aliphatic carbocycles. The maximum Gasteiger partial charge on any atom is 0.335 e. The van der Waals surface area contributed by atoms with Gasteiger partial charge in [0.15, 0.2) is 9.84 Å². The summed E-state index contributed by atoms with van der Waals surface area (Å²) in [5, 5.41) is 17.7. The van der Waals surface area contributed by atoms with E-state index >= 15 is 0 Å². The molecule has 9 heteroatoms. The molecule has 2 N–H and O–H groups in total. The van der Waals surface area contributed by atoms with Crippen LogP contribution in [-0.2, 0) is 16.4 Å². The van der Waals surface area contributed by atoms with Crippen LogP contribution >= 0.6 is 0 Å². The number of hydrogen-bond donors (Lipinski definition) is 2. The number of fused-ring (bicyclic) bond motifs is 1. The first-order valence-electron chi connectivity index (χ1n) is 14.7. The monoisotopic (exact) mass is 629 g/mol. The summed E-state index contributed by atoms with van der Waals surface area (Å²) in [6.07, 6.45) is 2.87. The molecular weight excluding hydrogens is 598 g/mol. The summed E-state index contributed by atoms with van der Waals surface area (Å²) >= 11 is 0. The molecule has 0 bridgehead atoms. The van der Waals surface area contributed by atoms with Gasteiger partial charge in [0, 0.05) is 11.6 Å². The van der Waals surface area contributed by atoms with Crippen LogP contribution in [0.25, 0.3) is 33.2 Å². The molecule has 0 radical (unpaired) electrons. The van der Waals surface area contributed by atoms with Crippen LogP contribution in [0, 0.1) is 0 Å². The molecular formula is C37H31N3O5S. The van der Waals surface area contributed by atoms with E-state index in [1.54, 1.807) is 47.3 Å². The van der Waals surface area contributed by atoms with Gasteiger partial charge in [-0.15, -0.1) is 0 Å². The van der Waals surface area contributed by atoms with Crippen LogP contribution in [0.4, 0.5) is 0 Å². The van der Waals surface area contributed by atoms with Gasteiger partial charge in [0.1, 0.15) is 0 Å². The molecule has 46 heavy (non-hydrogen) atoms. The van der Waals surface area contributed by atoms with Crippen molar-refractivity contribution < 1.29 is 23.1 Å². The molecule has 0 saturated carbocycles. The number of benzene rings is 5. The highest BCUT2D eigenvalue weighted by atomic mass is 32.2. The molecule has 0 unspecified atom stereocenters. The van der Waals surface area contributed by atoms with Crippen LogP contribution in [0.5, 0.6) is 0 Å². The van der Waals surface area contributed by atoms with Gasteiger partial charge in [-0.3, -0.25) is 9.48 Å². The molecule has 0 aliphatic rings. The van der Waals surface area contributed by atoms with Crippen LogP contribution in [0.1, 0.15) is 44.8 Å². The molecule has 1 amide bonds. The fourth-order valence-corrected chi connectivity index (χ4v) is 6.14. The number of carbonyl (C=O) groups excluding carboxylic acids is 1. The fourth-order valence-electron chi connectivity index (χ4n) is 5.48. The van der Waals surface area contributed by atoms with Crippen LogP contribution in [0.15, 0.2) is 126 Å². The number of hydrogen-bond acceptors (Lipinski definition) is 5. The third-order valence-corrected chi connectivity index (χ3v) is 9.08. The van der Waals surface area contributed by atoms with E-state index in [1.165, 1.54) is 12.1 Å². The van der Waals surface area contributed by atoms with Crippen molar-refractivity contribution in [1.82, 2.24) is 15.1 Å². The summed E-state index contributed by atoms with van der Waals surface area (Å²) < 4.78 is 26.4. The van der Waals surface area contributed by atoms with E-state index < -0.39 is 21.8 Å². The average molecular weight is 630 g/mol. The SMILES string of the molecule is C[C@H](NC(=O)c1cc(-c2cccc(S(C)(=O)=O)c2)cc2cnn(Cc3ccc(-c4ccccc4)cc3)c12)c1ccc(C(=O)O)cc1. The first-order valence-corrected chi connectivity index (χ1v) is 16.5. The Bertz CT molecular complexity index is 2170. The van der Waals surface area contributed by atoms with Crippen LogP contribution in [0.3, 0.4) is 0 Å². The lowest BCUT2D eigenvalue weighted by Gasteiger charge is -2.17. The second-order valence-corrected chi connectivity index (χ2v) is 13.3. The Morgan fingerprint density at radius 2 is 1.48 bits per heavy atom. The van der Waals surface area contributed by atoms with Gasteiger partial charge >= 0.3 is 5.97 Å². The number of carboxylic acids is 1. The summed E-state index contributed by atoms with van der Waals surface area (Å²) in [6, 6.07) is 34.6. The van der Waals surface area contributed by atoms with Gasteiger partial charge in [0.25, 0.3) is 5.91 Å². The molecule has 0 saturated heterocycles. The van der Waals surface area contributed by atoms with Crippen molar-refractivity contribution in [3.05, 3.63) is 144 Å². The van der Waals surface area contributed by atoms with E-state index in [0.717, 1.165) is 33.9 Å². The smallest absolute Gasteiger partial charge is 0.335 e. The topological polar surface area (TPSA) is 118 Å². The van der Waals surface area contributed by atoms with Gasteiger partial charge in [-0.2, -0.15) is 5.10 Å². The standard InChI is InChI=1S/C37H31N3O5S/c1-24(26-15-17-29(18-16-26)37(42)43)39-36(41)34-21-31(30-9-6-10-33(20-30)46(2,44)45)19-32-22-38-40(35(32)34)23-25-11-13-28(14-12-25)27-7-4-3-5-8-27/h3-22,24H,23H2,1-2H3,(H,39,41)(H,42,43)/t24-/m0/s1. The van der Waals surface area contributed by atoms with Gasteiger partial charge < -0.3 is 10.4 Å². The zero-order chi connectivity index (χ0) is 32.4. The van der Waals surface area contributed by atoms with E-state index in [0.29, 0.717) is 28.8 Å². The van der Waals surface area contributed by atoms with Crippen molar-refractivity contribution in [2.75, 3.05) is 6.26 Å². The second kappa shape index (κ2) is 12.5. The highest BCUT2D eigenvalue weighted by Gasteiger charge is 2.20. The average Bonchev–Trinajstić information content (AvgIpc) is 3.47. The molecule has 6 rings (SSSR count). The molecule has 1 aromatic heterocycles. The van der Waals surface area contributed by atoms with Crippen LogP contribution < -0.4 is 5.32 Å². The quantitative estimate of drug-likeness (QED) is 0.178. The predicted molar refractivity (Wildman–Crippen MR) is 179 cm³/mol. The molecule has 8 nitrogen and oxygen atoms in total. The molecule has 0 aliphatic heterocycles. The van der Waals surface area contributed by atoms with Crippen molar-refractivity contribution in [2.24, 2.45) is 0 Å². The van der Waals surface area contributed by atoms with Crippen molar-refractivity contribution in [3.8, 4) is 22.3 Å². The van der Waals surface area contributed by atoms with Crippen molar-refractivity contribution in [3.63, 3.8) is 0 Å². The van der Waals surface area contributed by atoms with E-state index in [-0.39, 0.29) is 16.4 Å². The van der Waals surface area contributed by atoms with Crippen molar-refractivity contribution in [2.45, 2.75) is 24.4 Å². The van der Waals surface area contributed by atoms with E-state index in [1.807, 2.05) is 49.4 Å². The molecule has 230 valence electrons. The van der Waals surface area contributed by atoms with Crippen molar-refractivity contribution in [1.29, 1.82) is 0 Å². The number of rotatable bonds is 9. The van der Waals surface area contributed by atoms with E-state index in [4.69, 9.17) is 0 Å². The lowest BCUT2D eigenvalue weighted by molar-refractivity contribution is 0.0696. The van der Waals surface area contributed by atoms with Crippen LogP contribution in [-0.4, -0.2) is 41.4 Å². The van der Waals surface area contributed by atoms with Crippen molar-refractivity contribution >= 4 is 32.6 Å². The summed E-state index contributed by atoms with van der Waals surface area (Å²) in [4.78, 5) is 25.5. The summed E-state index contributed by atoms with van der Waals surface area (Å²) in [6.45, 7) is 2.25. The largest absolute Gasteiger partial charge is 0.478 e. The number of aromatic carboxylic acids is 1. The number of aromatic nitrogens is 2. The minimum absolute atomic E-state index is 0.161. The maximum absolute atomic E-state index is 14.0. The maximum atomic E-state index is 14.0. The Labute approximate surface area is 266 Å². The van der Waals surface area contributed by atoms with Gasteiger partial charge in [0.2, 0.25) is 0 Å². The summed E-state index contributed by atoms with van der Waals surface area (Å²) in [5.74, 6) is -1.37. The molecule has 1 atom stereocenters. The number of carboxylic acid groups (broad SMARTS) is 1. The summed E-state index contributed by atoms with van der Waals surface area (Å²) in [5.41, 5.74) is 6.48. The van der Waals surface area contributed by atoms with Gasteiger partial charge in [-0.1, -0.05) is 78.9 Å². The number of nitrogens with zero attached hydrogens (tertiary/aromatic N) is 2. The minimum Gasteiger partial charge on any atom is -0.478 e. The van der Waals surface area contributed by atoms with Gasteiger partial charge in [0.05, 0.1) is 40.3 Å². The third-order valence-electron chi connectivity index (χ3n) is 7.97. The molecule has 0 fully saturated rings. The Kier molecular flexibility index (Phi) is 8.25. The Morgan fingerprint density at radius 3 is 2.15 bits per heavy atom. The lowest BCUT2D eigenvalue weighted by Crippen LogP contribution is -2.27. The highest BCUT2D eigenvalue weighted by molar-refractivity contribution is 7.90. The Morgan fingerprint density at radius 1 is 0.804 bits per heavy atom. The number of nitrogens with one attached hydrogen (secondary N) is 1. The van der Waals surface area contributed by atoms with Gasteiger partial charge in [-0.05, 0) is 76.7 Å². The lowest BCUT2D eigenvalue weighted by atomic mass is 9.99. The molecule has 1 heterocycles. The Hall–Kier alpha value is -5.54. The summed E-state index contributed by atoms with van der Waals surface area (Å²) in [7, 11) is -3.44. The zero-order valence-electron chi connectivity index (χ0n) is 25.2. The second-order valence-electron chi connectivity index (χ2n) is 11.2. The first kappa shape index (κ1) is 30.5. The molecule has 0 spiro atoms. The van der Waals surface area contributed by atoms with E-state index in [9.17, 15) is 23.1 Å². The molecule has 6 aromatic rings. The number of sulfone groups is 1. The Balaban J connectivity index is 1.38. The predicted octanol–water partition coefficient (Wildman–Crippen LogP) is 7.01. The number of amides is 1. The normalized spacial score (nSPS) is 12.1. The van der Waals surface area contributed by atoms with Gasteiger partial charge in [-0.25, -0.2) is 13.2 Å². The number of carbonyl (C=O) groups is 2. The highest BCUT2D eigenvalue weighted by Crippen LogP contribution is 2.31. The molecule has 5 aromatic carbocycles. The van der Waals surface area contributed by atoms with E-state index in [2.05, 4.69) is 34.7 Å². The van der Waals surface area contributed by atoms with Crippen LogP contribution in [0.2, 0.25) is 0 Å². The fraction of sp³-hybridized carbons (Fsp3) is 0.108. The minimum atomic E-state index is -3.44. The first-order chi connectivity index (χ1) is 22.1. The zero-order valence-corrected chi connectivity index (χ0v) is 26.0. The third kappa shape index (κ3) is 6.45.